The second-order valence-corrected chi connectivity index (χ2v) is 4.73. The SMILES string of the molecule is Cc1ccc2c(c1)NCCCN2C1CC1. The van der Waals surface area contributed by atoms with Crippen LogP contribution in [0, 0.1) is 6.92 Å². The zero-order valence-electron chi connectivity index (χ0n) is 9.29. The summed E-state index contributed by atoms with van der Waals surface area (Å²) in [6, 6.07) is 7.60. The van der Waals surface area contributed by atoms with E-state index in [1.807, 2.05) is 0 Å². The Kier molecular flexibility index (Phi) is 2.08. The first-order chi connectivity index (χ1) is 7.34. The van der Waals surface area contributed by atoms with Gasteiger partial charge in [0.2, 0.25) is 0 Å². The fraction of sp³-hybridized carbons (Fsp3) is 0.538. The Morgan fingerprint density at radius 1 is 1.33 bits per heavy atom. The van der Waals surface area contributed by atoms with Crippen LogP contribution in [0.15, 0.2) is 18.2 Å². The fourth-order valence-electron chi connectivity index (χ4n) is 2.40. The Balaban J connectivity index is 2.00. The number of rotatable bonds is 1. The lowest BCUT2D eigenvalue weighted by atomic mass is 10.1. The summed E-state index contributed by atoms with van der Waals surface area (Å²) in [6.07, 6.45) is 4.02. The number of aryl methyl sites for hydroxylation is 1. The van der Waals surface area contributed by atoms with Crippen molar-refractivity contribution in [3.63, 3.8) is 0 Å². The number of fused-ring (bicyclic) bond motifs is 1. The minimum Gasteiger partial charge on any atom is -0.383 e. The first-order valence-electron chi connectivity index (χ1n) is 5.96. The molecule has 1 heterocycles. The molecule has 1 aromatic rings. The van der Waals surface area contributed by atoms with E-state index in [4.69, 9.17) is 0 Å². The molecule has 0 amide bonds. The molecule has 2 heteroatoms. The molecule has 0 atom stereocenters. The van der Waals surface area contributed by atoms with Crippen LogP contribution >= 0.6 is 0 Å². The average Bonchev–Trinajstić information content (AvgIpc) is 3.01. The summed E-state index contributed by atoms with van der Waals surface area (Å²) in [6.45, 7) is 4.49. The van der Waals surface area contributed by atoms with Gasteiger partial charge < -0.3 is 10.2 Å². The van der Waals surface area contributed by atoms with Crippen molar-refractivity contribution in [2.45, 2.75) is 32.2 Å². The minimum atomic E-state index is 0.825. The van der Waals surface area contributed by atoms with Gasteiger partial charge in [0.1, 0.15) is 0 Å². The van der Waals surface area contributed by atoms with E-state index in [-0.39, 0.29) is 0 Å². The van der Waals surface area contributed by atoms with Crippen molar-refractivity contribution in [1.29, 1.82) is 0 Å². The standard InChI is InChI=1S/C13H18N2/c1-10-3-6-13-12(9-10)14-7-2-8-15(13)11-4-5-11/h3,6,9,11,14H,2,4-5,7-8H2,1H3. The van der Waals surface area contributed by atoms with Crippen molar-refractivity contribution in [1.82, 2.24) is 0 Å². The van der Waals surface area contributed by atoms with Crippen LogP contribution in [0.2, 0.25) is 0 Å². The molecular weight excluding hydrogens is 184 g/mol. The highest BCUT2D eigenvalue weighted by Gasteiger charge is 2.30. The van der Waals surface area contributed by atoms with Crippen LogP contribution in [-0.4, -0.2) is 19.1 Å². The van der Waals surface area contributed by atoms with Gasteiger partial charge in [-0.1, -0.05) is 6.07 Å². The van der Waals surface area contributed by atoms with Crippen molar-refractivity contribution in [3.8, 4) is 0 Å². The number of hydrogen-bond acceptors (Lipinski definition) is 2. The Hall–Kier alpha value is -1.18. The topological polar surface area (TPSA) is 15.3 Å². The Labute approximate surface area is 91.3 Å². The normalized spacial score (nSPS) is 20.5. The quantitative estimate of drug-likeness (QED) is 0.753. The van der Waals surface area contributed by atoms with Gasteiger partial charge in [-0.25, -0.2) is 0 Å². The molecule has 0 saturated heterocycles. The highest BCUT2D eigenvalue weighted by Crippen LogP contribution is 2.37. The highest BCUT2D eigenvalue weighted by molar-refractivity contribution is 5.72. The third kappa shape index (κ3) is 1.69. The van der Waals surface area contributed by atoms with Gasteiger partial charge in [-0.05, 0) is 43.9 Å². The van der Waals surface area contributed by atoms with Crippen LogP contribution in [-0.2, 0) is 0 Å². The average molecular weight is 202 g/mol. The summed E-state index contributed by atoms with van der Waals surface area (Å²) in [5.41, 5.74) is 4.10. The first-order valence-corrected chi connectivity index (χ1v) is 5.96. The van der Waals surface area contributed by atoms with Crippen molar-refractivity contribution < 1.29 is 0 Å². The number of nitrogens with zero attached hydrogens (tertiary/aromatic N) is 1. The van der Waals surface area contributed by atoms with E-state index in [9.17, 15) is 0 Å². The Bertz CT molecular complexity index is 369. The smallest absolute Gasteiger partial charge is 0.0604 e. The fourth-order valence-corrected chi connectivity index (χ4v) is 2.40. The molecule has 0 bridgehead atoms. The predicted molar refractivity (Wildman–Crippen MR) is 64.7 cm³/mol. The summed E-state index contributed by atoms with van der Waals surface area (Å²) < 4.78 is 0. The summed E-state index contributed by atoms with van der Waals surface area (Å²) in [5.74, 6) is 0. The van der Waals surface area contributed by atoms with Gasteiger partial charge in [-0.3, -0.25) is 0 Å². The number of benzene rings is 1. The van der Waals surface area contributed by atoms with E-state index in [2.05, 4.69) is 35.3 Å². The second-order valence-electron chi connectivity index (χ2n) is 4.73. The van der Waals surface area contributed by atoms with Gasteiger partial charge in [0.05, 0.1) is 11.4 Å². The summed E-state index contributed by atoms with van der Waals surface area (Å²) in [7, 11) is 0. The molecule has 2 nitrogen and oxygen atoms in total. The maximum absolute atomic E-state index is 3.54. The van der Waals surface area contributed by atoms with Crippen LogP contribution < -0.4 is 10.2 Å². The molecule has 1 aliphatic heterocycles. The molecular formula is C13H18N2. The molecule has 1 saturated carbocycles. The Morgan fingerprint density at radius 2 is 2.20 bits per heavy atom. The van der Waals surface area contributed by atoms with E-state index in [1.165, 1.54) is 42.7 Å². The number of nitrogens with one attached hydrogen (secondary N) is 1. The molecule has 15 heavy (non-hydrogen) atoms. The van der Waals surface area contributed by atoms with E-state index in [0.29, 0.717) is 0 Å². The van der Waals surface area contributed by atoms with Gasteiger partial charge in [0, 0.05) is 19.1 Å². The van der Waals surface area contributed by atoms with Gasteiger partial charge in [-0.15, -0.1) is 0 Å². The molecule has 1 N–H and O–H groups in total. The maximum Gasteiger partial charge on any atom is 0.0604 e. The summed E-state index contributed by atoms with van der Waals surface area (Å²) in [4.78, 5) is 2.59. The van der Waals surface area contributed by atoms with E-state index < -0.39 is 0 Å². The molecule has 0 radical (unpaired) electrons. The monoisotopic (exact) mass is 202 g/mol. The molecule has 1 fully saturated rings. The van der Waals surface area contributed by atoms with Crippen LogP contribution in [0.4, 0.5) is 11.4 Å². The van der Waals surface area contributed by atoms with Gasteiger partial charge in [0.15, 0.2) is 0 Å². The van der Waals surface area contributed by atoms with Gasteiger partial charge >= 0.3 is 0 Å². The highest BCUT2D eigenvalue weighted by atomic mass is 15.2. The zero-order chi connectivity index (χ0) is 10.3. The molecule has 1 aromatic carbocycles. The molecule has 2 aliphatic rings. The van der Waals surface area contributed by atoms with Crippen LogP contribution in [0.5, 0.6) is 0 Å². The second kappa shape index (κ2) is 3.44. The number of anilines is 2. The third-order valence-corrected chi connectivity index (χ3v) is 3.34. The minimum absolute atomic E-state index is 0.825. The maximum atomic E-state index is 3.54. The van der Waals surface area contributed by atoms with Crippen molar-refractivity contribution in [3.05, 3.63) is 23.8 Å². The molecule has 80 valence electrons. The van der Waals surface area contributed by atoms with E-state index in [0.717, 1.165) is 12.6 Å². The van der Waals surface area contributed by atoms with Crippen LogP contribution in [0.1, 0.15) is 24.8 Å². The van der Waals surface area contributed by atoms with Crippen LogP contribution in [0.25, 0.3) is 0 Å². The lowest BCUT2D eigenvalue weighted by Crippen LogP contribution is -2.26. The molecule has 3 rings (SSSR count). The Morgan fingerprint density at radius 3 is 3.00 bits per heavy atom. The molecule has 0 aromatic heterocycles. The van der Waals surface area contributed by atoms with Gasteiger partial charge in [0.25, 0.3) is 0 Å². The summed E-state index contributed by atoms with van der Waals surface area (Å²) >= 11 is 0. The lowest BCUT2D eigenvalue weighted by molar-refractivity contribution is 0.760. The molecule has 0 spiro atoms. The van der Waals surface area contributed by atoms with Gasteiger partial charge in [-0.2, -0.15) is 0 Å². The van der Waals surface area contributed by atoms with Crippen molar-refractivity contribution >= 4 is 11.4 Å². The summed E-state index contributed by atoms with van der Waals surface area (Å²) in [5, 5.41) is 3.54. The van der Waals surface area contributed by atoms with Crippen molar-refractivity contribution in [2.75, 3.05) is 23.3 Å². The van der Waals surface area contributed by atoms with Crippen LogP contribution in [0.3, 0.4) is 0 Å². The zero-order valence-corrected chi connectivity index (χ0v) is 9.29. The third-order valence-electron chi connectivity index (χ3n) is 3.34. The predicted octanol–water partition coefficient (Wildman–Crippen LogP) is 2.78. The lowest BCUT2D eigenvalue weighted by Gasteiger charge is -2.24. The first kappa shape index (κ1) is 9.08. The van der Waals surface area contributed by atoms with E-state index in [1.54, 1.807) is 0 Å². The molecule has 1 aliphatic carbocycles. The molecule has 0 unspecified atom stereocenters. The largest absolute Gasteiger partial charge is 0.383 e. The number of hydrogen-bond donors (Lipinski definition) is 1. The van der Waals surface area contributed by atoms with Crippen molar-refractivity contribution in [2.24, 2.45) is 0 Å². The van der Waals surface area contributed by atoms with E-state index >= 15 is 0 Å².